The quantitative estimate of drug-likeness (QED) is 0.0411. The predicted octanol–water partition coefficient (Wildman–Crippen LogP) is 0.813. The number of aromatic hydroxyl groups is 2. The maximum atomic E-state index is 14.9. The molecule has 0 unspecified atom stereocenters. The van der Waals surface area contributed by atoms with Gasteiger partial charge < -0.3 is 78.2 Å². The van der Waals surface area contributed by atoms with Crippen LogP contribution < -0.4 is 43.0 Å². The highest BCUT2D eigenvalue weighted by molar-refractivity contribution is 5.99. The van der Waals surface area contributed by atoms with Crippen LogP contribution >= 0.6 is 0 Å². The number of nitrogens with one attached hydrogen (secondary N) is 8. The first-order valence-electron chi connectivity index (χ1n) is 30.1. The molecule has 3 aromatic rings. The number of imidazole rings is 1. The highest BCUT2D eigenvalue weighted by Gasteiger charge is 2.43. The van der Waals surface area contributed by atoms with E-state index in [0.717, 1.165) is 0 Å². The minimum Gasteiger partial charge on any atom is -0.508 e. The van der Waals surface area contributed by atoms with Crippen LogP contribution in [0.25, 0.3) is 0 Å². The number of amides is 9. The van der Waals surface area contributed by atoms with Gasteiger partial charge in [0.15, 0.2) is 0 Å². The Bertz CT molecular complexity index is 2820. The number of aliphatic carboxylic acids is 1. The van der Waals surface area contributed by atoms with E-state index in [1.165, 1.54) is 46.6 Å². The van der Waals surface area contributed by atoms with Crippen molar-refractivity contribution >= 4 is 59.1 Å². The van der Waals surface area contributed by atoms with Gasteiger partial charge in [0.05, 0.1) is 19.0 Å². The fourth-order valence-electron chi connectivity index (χ4n) is 10.7. The second kappa shape index (κ2) is 33.1. The molecule has 2 aromatic carbocycles. The third kappa shape index (κ3) is 20.8. The number of carbonyl (C=O) groups excluding carboxylic acids is 9. The molecule has 2 fully saturated rings. The Morgan fingerprint density at radius 3 is 1.43 bits per heavy atom. The monoisotopic (exact) mass is 1210 g/mol. The Morgan fingerprint density at radius 2 is 0.977 bits per heavy atom. The number of benzene rings is 2. The molecule has 11 atom stereocenters. The Morgan fingerprint density at radius 1 is 0.563 bits per heavy atom. The molecule has 14 N–H and O–H groups in total. The van der Waals surface area contributed by atoms with Crippen LogP contribution in [-0.4, -0.2) is 179 Å². The highest BCUT2D eigenvalue weighted by Crippen LogP contribution is 2.23. The van der Waals surface area contributed by atoms with Crippen molar-refractivity contribution in [3.05, 3.63) is 77.9 Å². The fraction of sp³-hybridized carbons (Fsp3) is 0.590. The molecule has 87 heavy (non-hydrogen) atoms. The average molecular weight is 1220 g/mol. The lowest BCUT2D eigenvalue weighted by atomic mass is 9.98. The predicted molar refractivity (Wildman–Crippen MR) is 319 cm³/mol. The summed E-state index contributed by atoms with van der Waals surface area (Å²) >= 11 is 0. The van der Waals surface area contributed by atoms with Crippen LogP contribution in [-0.2, 0) is 67.2 Å². The van der Waals surface area contributed by atoms with Gasteiger partial charge in [-0.2, -0.15) is 0 Å². The van der Waals surface area contributed by atoms with E-state index in [1.807, 2.05) is 27.7 Å². The van der Waals surface area contributed by atoms with Crippen LogP contribution in [0.2, 0.25) is 0 Å². The van der Waals surface area contributed by atoms with Gasteiger partial charge in [-0.1, -0.05) is 86.1 Å². The van der Waals surface area contributed by atoms with Gasteiger partial charge in [-0.3, -0.25) is 43.2 Å². The number of H-pyrrole nitrogens is 1. The summed E-state index contributed by atoms with van der Waals surface area (Å²) in [6.45, 7) is 13.7. The zero-order chi connectivity index (χ0) is 64.2. The second-order valence-electron chi connectivity index (χ2n) is 24.2. The van der Waals surface area contributed by atoms with Crippen molar-refractivity contribution in [2.24, 2.45) is 29.4 Å². The summed E-state index contributed by atoms with van der Waals surface area (Å²) < 4.78 is 0. The first-order chi connectivity index (χ1) is 41.2. The number of likely N-dealkylation sites (tertiary alicyclic amines) is 2. The van der Waals surface area contributed by atoms with Crippen molar-refractivity contribution in [3.8, 4) is 11.5 Å². The molecule has 0 spiro atoms. The Hall–Kier alpha value is -8.13. The molecule has 5 rings (SSSR count). The van der Waals surface area contributed by atoms with Gasteiger partial charge in [0.1, 0.15) is 65.9 Å². The molecular formula is C61H90N12O14. The van der Waals surface area contributed by atoms with Gasteiger partial charge in [0.2, 0.25) is 53.2 Å². The number of phenolic OH excluding ortho intramolecular Hbond substituents is 2. The standard InChI is InChI=1S/C61H90N12O14/c1-9-36(8)51(61(86)87)71-58(83)50-13-11-23-73(50)60(85)48(31-74)70-55(80)44(25-34(4)5)66-54(79)45(26-35(6)7)68-57(82)49-12-10-22-72(49)59(84)47(29-39-30-63-32-64-39)69-56(81)46(28-38-16-20-41(76)21-17-38)67-53(78)43(24-33(2)3)65-52(77)42(62)27-37-14-18-40(75)19-15-37/h14-21,30,32-36,42-51,74-76H,9-13,22-29,31,62H2,1-8H3,(H,63,64)(H,65,77)(H,66,79)(H,67,78)(H,68,82)(H,69,81)(H,70,80)(H,71,83)(H,86,87)/t36-,42-,43-,44-,45-,46-,47-,48-,49-,50-,51-/m0/s1. The van der Waals surface area contributed by atoms with E-state index < -0.39 is 132 Å². The van der Waals surface area contributed by atoms with Gasteiger partial charge in [0, 0.05) is 37.8 Å². The Balaban J connectivity index is 1.33. The lowest BCUT2D eigenvalue weighted by Crippen LogP contribution is -2.61. The maximum absolute atomic E-state index is 14.9. The molecule has 0 saturated carbocycles. The van der Waals surface area contributed by atoms with Crippen LogP contribution in [0.15, 0.2) is 61.1 Å². The summed E-state index contributed by atoms with van der Waals surface area (Å²) in [5.74, 6) is -8.68. The maximum Gasteiger partial charge on any atom is 0.326 e. The molecule has 2 saturated heterocycles. The first kappa shape index (κ1) is 69.6. The molecule has 26 heteroatoms. The van der Waals surface area contributed by atoms with Crippen LogP contribution in [0.3, 0.4) is 0 Å². The molecule has 0 aliphatic carbocycles. The zero-order valence-corrected chi connectivity index (χ0v) is 51.0. The number of nitrogens with two attached hydrogens (primary N) is 1. The number of nitrogens with zero attached hydrogens (tertiary/aromatic N) is 3. The normalized spacial score (nSPS) is 18.1. The molecule has 478 valence electrons. The smallest absolute Gasteiger partial charge is 0.326 e. The van der Waals surface area contributed by atoms with Crippen LogP contribution in [0.5, 0.6) is 11.5 Å². The van der Waals surface area contributed by atoms with Gasteiger partial charge >= 0.3 is 5.97 Å². The van der Waals surface area contributed by atoms with E-state index in [1.54, 1.807) is 52.0 Å². The number of aromatic amines is 1. The Kier molecular flexibility index (Phi) is 26.5. The van der Waals surface area contributed by atoms with E-state index in [4.69, 9.17) is 5.73 Å². The largest absolute Gasteiger partial charge is 0.508 e. The van der Waals surface area contributed by atoms with Crippen molar-refractivity contribution in [3.63, 3.8) is 0 Å². The van der Waals surface area contributed by atoms with Crippen molar-refractivity contribution in [1.29, 1.82) is 0 Å². The van der Waals surface area contributed by atoms with E-state index in [2.05, 4.69) is 47.2 Å². The molecule has 2 aliphatic rings. The van der Waals surface area contributed by atoms with Crippen molar-refractivity contribution in [1.82, 2.24) is 57.0 Å². The molecule has 0 radical (unpaired) electrons. The minimum absolute atomic E-state index is 0.0379. The highest BCUT2D eigenvalue weighted by atomic mass is 16.4. The SMILES string of the molecule is CC[C@H](C)[C@H](NC(=O)[C@@H]1CCCN1C(=O)[C@H](CO)NC(=O)[C@H](CC(C)C)NC(=O)[C@H](CC(C)C)NC(=O)[C@@H]1CCCN1C(=O)[C@H](Cc1cnc[nH]1)NC(=O)[C@H](Cc1ccc(O)cc1)NC(=O)[C@H](CC(C)C)NC(=O)[C@@H](N)Cc1ccc(O)cc1)C(=O)O. The average Bonchev–Trinajstić information content (AvgIpc) is 2.24. The third-order valence-electron chi connectivity index (χ3n) is 15.6. The summed E-state index contributed by atoms with van der Waals surface area (Å²) in [5, 5.41) is 59.0. The summed E-state index contributed by atoms with van der Waals surface area (Å²) in [4.78, 5) is 149. The Labute approximate surface area is 507 Å². The summed E-state index contributed by atoms with van der Waals surface area (Å²) in [7, 11) is 0. The summed E-state index contributed by atoms with van der Waals surface area (Å²) in [5.41, 5.74) is 7.92. The van der Waals surface area contributed by atoms with Gasteiger partial charge in [-0.15, -0.1) is 0 Å². The summed E-state index contributed by atoms with van der Waals surface area (Å²) in [6, 6.07) is -0.326. The van der Waals surface area contributed by atoms with Crippen LogP contribution in [0.1, 0.15) is 124 Å². The van der Waals surface area contributed by atoms with E-state index in [9.17, 15) is 68.4 Å². The number of aliphatic hydroxyl groups is 1. The van der Waals surface area contributed by atoms with Crippen molar-refractivity contribution in [2.45, 2.75) is 186 Å². The second-order valence-corrected chi connectivity index (χ2v) is 24.2. The number of aromatic nitrogens is 2. The topological polar surface area (TPSA) is 397 Å². The molecule has 9 amide bonds. The minimum atomic E-state index is -1.54. The number of carboxylic acids is 1. The van der Waals surface area contributed by atoms with Crippen LogP contribution in [0, 0.1) is 23.7 Å². The number of hydrogen-bond donors (Lipinski definition) is 13. The molecule has 1 aromatic heterocycles. The number of carboxylic acid groups (broad SMARTS) is 1. The number of aliphatic hydroxyl groups excluding tert-OH is 1. The van der Waals surface area contributed by atoms with Crippen LogP contribution in [0.4, 0.5) is 0 Å². The van der Waals surface area contributed by atoms with E-state index >= 15 is 0 Å². The van der Waals surface area contributed by atoms with Crippen molar-refractivity contribution in [2.75, 3.05) is 19.7 Å². The van der Waals surface area contributed by atoms with E-state index in [-0.39, 0.29) is 93.7 Å². The molecule has 2 aliphatic heterocycles. The third-order valence-corrected chi connectivity index (χ3v) is 15.6. The fourth-order valence-corrected chi connectivity index (χ4v) is 10.7. The van der Waals surface area contributed by atoms with Gasteiger partial charge in [-0.05, 0) is 110 Å². The molecule has 26 nitrogen and oxygen atoms in total. The lowest BCUT2D eigenvalue weighted by Gasteiger charge is -2.32. The van der Waals surface area contributed by atoms with Gasteiger partial charge in [0.25, 0.3) is 0 Å². The first-order valence-corrected chi connectivity index (χ1v) is 30.1. The van der Waals surface area contributed by atoms with Gasteiger partial charge in [-0.25, -0.2) is 9.78 Å². The number of carbonyl (C=O) groups is 10. The van der Waals surface area contributed by atoms with E-state index in [0.29, 0.717) is 36.1 Å². The van der Waals surface area contributed by atoms with Crippen molar-refractivity contribution < 1.29 is 68.4 Å². The summed E-state index contributed by atoms with van der Waals surface area (Å²) in [6.07, 6.45) is 4.60. The molecule has 3 heterocycles. The lowest BCUT2D eigenvalue weighted by molar-refractivity contribution is -0.146. The number of phenols is 2. The number of hydrogen-bond acceptors (Lipinski definition) is 15. The molecular weight excluding hydrogens is 1120 g/mol. The number of rotatable bonds is 32. The zero-order valence-electron chi connectivity index (χ0n) is 51.0. The molecule has 0 bridgehead atoms.